The molecule has 1 aromatic rings. The molecule has 84 valence electrons. The number of thioether (sulfide) groups is 1. The van der Waals surface area contributed by atoms with E-state index in [1.807, 2.05) is 0 Å². The lowest BCUT2D eigenvalue weighted by Crippen LogP contribution is -2.07. The third-order valence-electron chi connectivity index (χ3n) is 2.07. The second kappa shape index (κ2) is 5.70. The van der Waals surface area contributed by atoms with E-state index in [1.165, 1.54) is 6.07 Å². The lowest BCUT2D eigenvalue weighted by Gasteiger charge is -2.07. The molecule has 15 heavy (non-hydrogen) atoms. The summed E-state index contributed by atoms with van der Waals surface area (Å²) in [6.07, 6.45) is 3.09. The molecule has 1 rings (SSSR count). The van der Waals surface area contributed by atoms with Crippen molar-refractivity contribution in [3.8, 4) is 0 Å². The third-order valence-corrected chi connectivity index (χ3v) is 3.11. The number of anilines is 1. The van der Waals surface area contributed by atoms with Crippen LogP contribution in [0.2, 0.25) is 0 Å². The van der Waals surface area contributed by atoms with E-state index in [9.17, 15) is 4.79 Å². The second-order valence-electron chi connectivity index (χ2n) is 3.23. The van der Waals surface area contributed by atoms with Gasteiger partial charge in [-0.15, -0.1) is 0 Å². The minimum atomic E-state index is -1.04. The van der Waals surface area contributed by atoms with Gasteiger partial charge in [0, 0.05) is 17.9 Å². The molecule has 0 saturated carbocycles. The van der Waals surface area contributed by atoms with Gasteiger partial charge in [0.25, 0.3) is 0 Å². The molecule has 0 aliphatic heterocycles. The lowest BCUT2D eigenvalue weighted by atomic mass is 10.3. The van der Waals surface area contributed by atoms with Crippen molar-refractivity contribution in [1.29, 1.82) is 0 Å². The Morgan fingerprint density at radius 1 is 1.67 bits per heavy atom. The van der Waals surface area contributed by atoms with E-state index >= 15 is 0 Å². The second-order valence-corrected chi connectivity index (χ2v) is 4.51. The van der Waals surface area contributed by atoms with Crippen LogP contribution in [0.25, 0.3) is 0 Å². The molecular formula is C10H15NO3S. The van der Waals surface area contributed by atoms with Gasteiger partial charge in [0.1, 0.15) is 0 Å². The van der Waals surface area contributed by atoms with E-state index in [0.29, 0.717) is 11.1 Å². The quantitative estimate of drug-likeness (QED) is 0.784. The van der Waals surface area contributed by atoms with Crippen LogP contribution in [0, 0.1) is 0 Å². The van der Waals surface area contributed by atoms with Crippen molar-refractivity contribution in [2.24, 2.45) is 0 Å². The Hall–Kier alpha value is -1.10. The van der Waals surface area contributed by atoms with Crippen molar-refractivity contribution < 1.29 is 14.3 Å². The van der Waals surface area contributed by atoms with Gasteiger partial charge in [-0.25, -0.2) is 4.79 Å². The highest BCUT2D eigenvalue weighted by molar-refractivity contribution is 7.99. The van der Waals surface area contributed by atoms with Crippen molar-refractivity contribution >= 4 is 23.6 Å². The van der Waals surface area contributed by atoms with Crippen LogP contribution in [0.4, 0.5) is 5.88 Å². The Kier molecular flexibility index (Phi) is 4.55. The molecule has 0 spiro atoms. The number of hydrogen-bond acceptors (Lipinski definition) is 4. The highest BCUT2D eigenvalue weighted by Crippen LogP contribution is 2.14. The molecular weight excluding hydrogens is 214 g/mol. The standard InChI is InChI=1S/C10H15NO3S/c1-7(15-2)5-6-11-9-4-3-8(14-9)10(12)13/h3-4,7,11H,5-6H2,1-2H3,(H,12,13). The number of carboxylic acids is 1. The predicted molar refractivity (Wildman–Crippen MR) is 61.8 cm³/mol. The monoisotopic (exact) mass is 229 g/mol. The van der Waals surface area contributed by atoms with E-state index in [1.54, 1.807) is 17.8 Å². The minimum Gasteiger partial charge on any atom is -0.475 e. The average molecular weight is 229 g/mol. The average Bonchev–Trinajstić information content (AvgIpc) is 2.66. The van der Waals surface area contributed by atoms with E-state index in [0.717, 1.165) is 13.0 Å². The molecule has 0 radical (unpaired) electrons. The highest BCUT2D eigenvalue weighted by Gasteiger charge is 2.08. The summed E-state index contributed by atoms with van der Waals surface area (Å²) in [6.45, 7) is 2.94. The van der Waals surface area contributed by atoms with Gasteiger partial charge >= 0.3 is 5.97 Å². The molecule has 0 saturated heterocycles. The first kappa shape index (κ1) is 12.0. The summed E-state index contributed by atoms with van der Waals surface area (Å²) in [5, 5.41) is 12.3. The maximum atomic E-state index is 10.5. The van der Waals surface area contributed by atoms with Gasteiger partial charge in [0.15, 0.2) is 5.88 Å². The van der Waals surface area contributed by atoms with Gasteiger partial charge in [-0.2, -0.15) is 11.8 Å². The summed E-state index contributed by atoms with van der Waals surface area (Å²) in [6, 6.07) is 3.08. The van der Waals surface area contributed by atoms with Gasteiger partial charge in [-0.05, 0) is 18.7 Å². The zero-order valence-electron chi connectivity index (χ0n) is 8.82. The highest BCUT2D eigenvalue weighted by atomic mass is 32.2. The van der Waals surface area contributed by atoms with Crippen LogP contribution < -0.4 is 5.32 Å². The van der Waals surface area contributed by atoms with Gasteiger partial charge in [-0.1, -0.05) is 6.92 Å². The Morgan fingerprint density at radius 3 is 2.93 bits per heavy atom. The summed E-state index contributed by atoms with van der Waals surface area (Å²) in [4.78, 5) is 10.5. The number of nitrogens with one attached hydrogen (secondary N) is 1. The molecule has 2 N–H and O–H groups in total. The van der Waals surface area contributed by atoms with E-state index in [4.69, 9.17) is 9.52 Å². The van der Waals surface area contributed by atoms with Crippen molar-refractivity contribution in [3.63, 3.8) is 0 Å². The van der Waals surface area contributed by atoms with Crippen LogP contribution in [0.1, 0.15) is 23.9 Å². The summed E-state index contributed by atoms with van der Waals surface area (Å²) in [5.41, 5.74) is 0. The molecule has 0 bridgehead atoms. The van der Waals surface area contributed by atoms with Gasteiger partial charge in [0.2, 0.25) is 5.76 Å². The molecule has 5 heteroatoms. The van der Waals surface area contributed by atoms with Crippen molar-refractivity contribution in [2.45, 2.75) is 18.6 Å². The zero-order valence-corrected chi connectivity index (χ0v) is 9.63. The number of carboxylic acid groups (broad SMARTS) is 1. The van der Waals surface area contributed by atoms with E-state index in [-0.39, 0.29) is 5.76 Å². The predicted octanol–water partition coefficient (Wildman–Crippen LogP) is 2.53. The molecule has 1 atom stereocenters. The third kappa shape index (κ3) is 3.87. The van der Waals surface area contributed by atoms with Crippen LogP contribution in [-0.4, -0.2) is 29.1 Å². The van der Waals surface area contributed by atoms with Crippen molar-refractivity contribution in [1.82, 2.24) is 0 Å². The Labute approximate surface area is 93.0 Å². The van der Waals surface area contributed by atoms with Gasteiger partial charge < -0.3 is 14.8 Å². The summed E-state index contributed by atoms with van der Waals surface area (Å²) >= 11 is 1.81. The maximum absolute atomic E-state index is 10.5. The number of carbonyl (C=O) groups is 1. The topological polar surface area (TPSA) is 62.5 Å². The molecule has 0 aromatic carbocycles. The van der Waals surface area contributed by atoms with Crippen molar-refractivity contribution in [2.75, 3.05) is 18.1 Å². The molecule has 0 fully saturated rings. The number of hydrogen-bond donors (Lipinski definition) is 2. The smallest absolute Gasteiger partial charge is 0.371 e. The van der Waals surface area contributed by atoms with Crippen LogP contribution in [0.3, 0.4) is 0 Å². The first-order valence-corrected chi connectivity index (χ1v) is 6.02. The Morgan fingerprint density at radius 2 is 2.40 bits per heavy atom. The SMILES string of the molecule is CSC(C)CCNc1ccc(C(=O)O)o1. The van der Waals surface area contributed by atoms with Crippen molar-refractivity contribution in [3.05, 3.63) is 17.9 Å². The molecule has 0 aliphatic carbocycles. The van der Waals surface area contributed by atoms with Crippen LogP contribution >= 0.6 is 11.8 Å². The fourth-order valence-electron chi connectivity index (χ4n) is 1.06. The molecule has 0 amide bonds. The fourth-order valence-corrected chi connectivity index (χ4v) is 1.42. The molecule has 1 heterocycles. The van der Waals surface area contributed by atoms with Crippen LogP contribution in [-0.2, 0) is 0 Å². The number of rotatable bonds is 6. The van der Waals surface area contributed by atoms with E-state index in [2.05, 4.69) is 18.5 Å². The number of aromatic carboxylic acids is 1. The van der Waals surface area contributed by atoms with Crippen LogP contribution in [0.5, 0.6) is 0 Å². The van der Waals surface area contributed by atoms with Crippen LogP contribution in [0.15, 0.2) is 16.5 Å². The van der Waals surface area contributed by atoms with E-state index < -0.39 is 5.97 Å². The summed E-state index contributed by atoms with van der Waals surface area (Å²) in [5.74, 6) is -0.559. The summed E-state index contributed by atoms with van der Waals surface area (Å²) < 4.78 is 5.04. The molecule has 0 aliphatic rings. The first-order chi connectivity index (χ1) is 7.13. The lowest BCUT2D eigenvalue weighted by molar-refractivity contribution is 0.0663. The van der Waals surface area contributed by atoms with Gasteiger partial charge in [0.05, 0.1) is 0 Å². The number of furan rings is 1. The Balaban J connectivity index is 2.35. The maximum Gasteiger partial charge on any atom is 0.371 e. The minimum absolute atomic E-state index is 0.0320. The first-order valence-electron chi connectivity index (χ1n) is 4.73. The van der Waals surface area contributed by atoms with Gasteiger partial charge in [-0.3, -0.25) is 0 Å². The fraction of sp³-hybridized carbons (Fsp3) is 0.500. The molecule has 1 unspecified atom stereocenters. The molecule has 4 nitrogen and oxygen atoms in total. The zero-order chi connectivity index (χ0) is 11.3. The Bertz CT molecular complexity index is 324. The summed E-state index contributed by atoms with van der Waals surface area (Å²) in [7, 11) is 0. The largest absolute Gasteiger partial charge is 0.475 e. The normalized spacial score (nSPS) is 12.4. The molecule has 1 aromatic heterocycles.